The lowest BCUT2D eigenvalue weighted by Gasteiger charge is -2.31. The van der Waals surface area contributed by atoms with Crippen LogP contribution >= 0.6 is 0 Å². The zero-order valence-electron chi connectivity index (χ0n) is 16.7. The zero-order valence-corrected chi connectivity index (χ0v) is 16.7. The molecule has 1 aromatic heterocycles. The standard InChI is InChI=1S/C22H26N4O3/c1-28-19-6-2-4-14-10-15(13-29-20(14)19)22(27)26-9-3-5-18(26)21-24-12-16-11-23-8-7-17(16)25-21/h2,4,6,12,15,18,23H,3,5,7-11,13H2,1H3. The van der Waals surface area contributed by atoms with Gasteiger partial charge in [-0.2, -0.15) is 0 Å². The summed E-state index contributed by atoms with van der Waals surface area (Å²) >= 11 is 0. The van der Waals surface area contributed by atoms with Gasteiger partial charge in [0.1, 0.15) is 6.61 Å². The number of hydrogen-bond acceptors (Lipinski definition) is 6. The van der Waals surface area contributed by atoms with Gasteiger partial charge in [0, 0.05) is 43.5 Å². The van der Waals surface area contributed by atoms with Crippen molar-refractivity contribution in [1.29, 1.82) is 0 Å². The van der Waals surface area contributed by atoms with E-state index in [1.165, 1.54) is 5.56 Å². The molecule has 2 atom stereocenters. The van der Waals surface area contributed by atoms with Crippen LogP contribution in [0.25, 0.3) is 0 Å². The van der Waals surface area contributed by atoms with Crippen LogP contribution in [0.4, 0.5) is 0 Å². The van der Waals surface area contributed by atoms with Crippen molar-refractivity contribution in [1.82, 2.24) is 20.2 Å². The molecule has 7 heteroatoms. The molecular weight excluding hydrogens is 368 g/mol. The minimum atomic E-state index is -0.183. The van der Waals surface area contributed by atoms with E-state index >= 15 is 0 Å². The predicted octanol–water partition coefficient (Wildman–Crippen LogP) is 2.05. The molecule has 152 valence electrons. The summed E-state index contributed by atoms with van der Waals surface area (Å²) in [7, 11) is 1.64. The highest BCUT2D eigenvalue weighted by Gasteiger charge is 2.38. The van der Waals surface area contributed by atoms with Gasteiger partial charge in [-0.1, -0.05) is 12.1 Å². The molecule has 1 N–H and O–H groups in total. The Bertz CT molecular complexity index is 932. The average molecular weight is 394 g/mol. The number of ether oxygens (including phenoxy) is 2. The quantitative estimate of drug-likeness (QED) is 0.859. The van der Waals surface area contributed by atoms with Crippen molar-refractivity contribution in [2.75, 3.05) is 26.8 Å². The number of nitrogens with zero attached hydrogens (tertiary/aromatic N) is 3. The van der Waals surface area contributed by atoms with Crippen LogP contribution in [0.3, 0.4) is 0 Å². The molecule has 0 bridgehead atoms. The topological polar surface area (TPSA) is 76.6 Å². The Hall–Kier alpha value is -2.67. The van der Waals surface area contributed by atoms with Gasteiger partial charge >= 0.3 is 0 Å². The number of carbonyl (C=O) groups is 1. The molecule has 1 saturated heterocycles. The van der Waals surface area contributed by atoms with Crippen LogP contribution in [0.5, 0.6) is 11.5 Å². The molecule has 0 radical (unpaired) electrons. The van der Waals surface area contributed by atoms with Crippen LogP contribution in [-0.4, -0.2) is 47.6 Å². The van der Waals surface area contributed by atoms with Crippen LogP contribution in [0.2, 0.25) is 0 Å². The highest BCUT2D eigenvalue weighted by atomic mass is 16.5. The highest BCUT2D eigenvalue weighted by molar-refractivity contribution is 5.80. The molecule has 0 saturated carbocycles. The fraction of sp³-hybridized carbons (Fsp3) is 0.500. The fourth-order valence-electron chi connectivity index (χ4n) is 4.66. The Kier molecular flexibility index (Phi) is 4.83. The highest BCUT2D eigenvalue weighted by Crippen LogP contribution is 2.38. The Balaban J connectivity index is 1.35. The molecule has 3 aliphatic rings. The molecule has 1 amide bonds. The van der Waals surface area contributed by atoms with E-state index in [2.05, 4.69) is 10.3 Å². The first-order valence-corrected chi connectivity index (χ1v) is 10.4. The number of methoxy groups -OCH3 is 1. The molecule has 29 heavy (non-hydrogen) atoms. The monoisotopic (exact) mass is 394 g/mol. The number of nitrogens with one attached hydrogen (secondary N) is 1. The first kappa shape index (κ1) is 18.4. The van der Waals surface area contributed by atoms with Crippen molar-refractivity contribution >= 4 is 5.91 Å². The third kappa shape index (κ3) is 3.33. The molecule has 4 heterocycles. The number of benzene rings is 1. The molecular formula is C22H26N4O3. The van der Waals surface area contributed by atoms with Crippen molar-refractivity contribution in [3.63, 3.8) is 0 Å². The van der Waals surface area contributed by atoms with Crippen molar-refractivity contribution < 1.29 is 14.3 Å². The van der Waals surface area contributed by atoms with E-state index in [1.54, 1.807) is 7.11 Å². The van der Waals surface area contributed by atoms with Crippen LogP contribution in [0, 0.1) is 5.92 Å². The van der Waals surface area contributed by atoms with Crippen LogP contribution in [-0.2, 0) is 24.2 Å². The normalized spacial score (nSPS) is 23.1. The van der Waals surface area contributed by atoms with Crippen LogP contribution < -0.4 is 14.8 Å². The Morgan fingerprint density at radius 2 is 2.28 bits per heavy atom. The molecule has 7 nitrogen and oxygen atoms in total. The molecule has 5 rings (SSSR count). The van der Waals surface area contributed by atoms with Gasteiger partial charge in [0.2, 0.25) is 5.91 Å². The number of fused-ring (bicyclic) bond motifs is 2. The van der Waals surface area contributed by atoms with Crippen LogP contribution in [0.15, 0.2) is 24.4 Å². The van der Waals surface area contributed by atoms with Crippen molar-refractivity contribution in [3.05, 3.63) is 47.0 Å². The number of amides is 1. The lowest BCUT2D eigenvalue weighted by atomic mass is 9.95. The average Bonchev–Trinajstić information content (AvgIpc) is 3.27. The number of carbonyl (C=O) groups excluding carboxylic acids is 1. The van der Waals surface area contributed by atoms with Crippen molar-refractivity contribution in [2.45, 2.75) is 38.3 Å². The van der Waals surface area contributed by atoms with E-state index in [1.807, 2.05) is 29.3 Å². The van der Waals surface area contributed by atoms with E-state index in [4.69, 9.17) is 14.5 Å². The summed E-state index contributed by atoms with van der Waals surface area (Å²) in [5.41, 5.74) is 3.32. The maximum absolute atomic E-state index is 13.4. The molecule has 2 aromatic rings. The second kappa shape index (κ2) is 7.63. The number of hydrogen-bond donors (Lipinski definition) is 1. The van der Waals surface area contributed by atoms with Gasteiger partial charge in [-0.3, -0.25) is 4.79 Å². The maximum atomic E-state index is 13.4. The zero-order chi connectivity index (χ0) is 19.8. The SMILES string of the molecule is COc1cccc2c1OCC(C(=O)N1CCCC1c1ncc3c(n1)CCNC3)C2. The summed E-state index contributed by atoms with van der Waals surface area (Å²) in [4.78, 5) is 24.8. The molecule has 1 fully saturated rings. The van der Waals surface area contributed by atoms with E-state index < -0.39 is 0 Å². The smallest absolute Gasteiger partial charge is 0.230 e. The Labute approximate surface area is 170 Å². The number of likely N-dealkylation sites (tertiary alicyclic amines) is 1. The fourth-order valence-corrected chi connectivity index (χ4v) is 4.66. The van der Waals surface area contributed by atoms with Gasteiger partial charge in [-0.05, 0) is 30.9 Å². The summed E-state index contributed by atoms with van der Waals surface area (Å²) in [6.07, 6.45) is 5.42. The second-order valence-corrected chi connectivity index (χ2v) is 7.98. The van der Waals surface area contributed by atoms with Gasteiger partial charge < -0.3 is 19.7 Å². The third-order valence-corrected chi connectivity index (χ3v) is 6.19. The minimum absolute atomic E-state index is 0.0330. The lowest BCUT2D eigenvalue weighted by molar-refractivity contribution is -0.138. The number of aromatic nitrogens is 2. The van der Waals surface area contributed by atoms with Gasteiger partial charge in [0.15, 0.2) is 17.3 Å². The van der Waals surface area contributed by atoms with E-state index in [-0.39, 0.29) is 17.9 Å². The van der Waals surface area contributed by atoms with E-state index in [0.717, 1.165) is 67.5 Å². The third-order valence-electron chi connectivity index (χ3n) is 6.19. The minimum Gasteiger partial charge on any atom is -0.493 e. The van der Waals surface area contributed by atoms with Gasteiger partial charge in [-0.25, -0.2) is 9.97 Å². The molecule has 0 aliphatic carbocycles. The molecule has 3 aliphatic heterocycles. The summed E-state index contributed by atoms with van der Waals surface area (Å²) in [6.45, 7) is 2.91. The van der Waals surface area contributed by atoms with E-state index in [0.29, 0.717) is 13.0 Å². The first-order chi connectivity index (χ1) is 14.2. The second-order valence-electron chi connectivity index (χ2n) is 7.98. The van der Waals surface area contributed by atoms with Gasteiger partial charge in [0.05, 0.1) is 19.1 Å². The lowest BCUT2D eigenvalue weighted by Crippen LogP contribution is -2.41. The summed E-state index contributed by atoms with van der Waals surface area (Å²) < 4.78 is 11.3. The van der Waals surface area contributed by atoms with Crippen molar-refractivity contribution in [3.8, 4) is 11.5 Å². The van der Waals surface area contributed by atoms with E-state index in [9.17, 15) is 4.79 Å². The van der Waals surface area contributed by atoms with Gasteiger partial charge in [-0.15, -0.1) is 0 Å². The van der Waals surface area contributed by atoms with Crippen LogP contribution in [0.1, 0.15) is 41.5 Å². The summed E-state index contributed by atoms with van der Waals surface area (Å²) in [5, 5.41) is 3.35. The first-order valence-electron chi connectivity index (χ1n) is 10.4. The summed E-state index contributed by atoms with van der Waals surface area (Å²) in [6, 6.07) is 5.82. The van der Waals surface area contributed by atoms with Crippen molar-refractivity contribution in [2.24, 2.45) is 5.92 Å². The van der Waals surface area contributed by atoms with Gasteiger partial charge in [0.25, 0.3) is 0 Å². The molecule has 1 aromatic carbocycles. The Morgan fingerprint density at radius 1 is 1.34 bits per heavy atom. The number of rotatable bonds is 3. The largest absolute Gasteiger partial charge is 0.493 e. The molecule has 0 spiro atoms. The maximum Gasteiger partial charge on any atom is 0.230 e. The molecule has 2 unspecified atom stereocenters. The summed E-state index contributed by atoms with van der Waals surface area (Å²) in [5.74, 6) is 2.24. The Morgan fingerprint density at radius 3 is 3.17 bits per heavy atom. The predicted molar refractivity (Wildman–Crippen MR) is 107 cm³/mol. The number of para-hydroxylation sites is 1.